The van der Waals surface area contributed by atoms with E-state index >= 15 is 0 Å². The van der Waals surface area contributed by atoms with Gasteiger partial charge in [0.15, 0.2) is 6.61 Å². The molecule has 152 valence electrons. The lowest BCUT2D eigenvalue weighted by molar-refractivity contribution is -0.118. The first-order chi connectivity index (χ1) is 14.6. The third kappa shape index (κ3) is 4.49. The molecule has 0 spiro atoms. The molecular weight excluding hydrogens is 378 g/mol. The van der Waals surface area contributed by atoms with Gasteiger partial charge in [-0.3, -0.25) is 14.6 Å². The second kappa shape index (κ2) is 8.78. The van der Waals surface area contributed by atoms with Crippen LogP contribution in [0.2, 0.25) is 0 Å². The maximum Gasteiger partial charge on any atom is 0.262 e. The van der Waals surface area contributed by atoms with Gasteiger partial charge in [-0.15, -0.1) is 0 Å². The molecule has 0 bridgehead atoms. The maximum atomic E-state index is 13.0. The van der Waals surface area contributed by atoms with Crippen molar-refractivity contribution in [3.8, 4) is 5.75 Å². The average molecular weight is 401 g/mol. The van der Waals surface area contributed by atoms with E-state index in [0.717, 1.165) is 22.4 Å². The van der Waals surface area contributed by atoms with Crippen molar-refractivity contribution in [2.75, 3.05) is 18.5 Å². The molecule has 0 unspecified atom stereocenters. The summed E-state index contributed by atoms with van der Waals surface area (Å²) in [6, 6.07) is 16.8. The van der Waals surface area contributed by atoms with Crippen LogP contribution in [0.25, 0.3) is 0 Å². The van der Waals surface area contributed by atoms with Crippen LogP contribution >= 0.6 is 0 Å². The molecule has 30 heavy (non-hydrogen) atoms. The van der Waals surface area contributed by atoms with Crippen molar-refractivity contribution in [3.05, 3.63) is 89.2 Å². The molecule has 2 aromatic carbocycles. The zero-order valence-electron chi connectivity index (χ0n) is 16.8. The molecule has 0 fully saturated rings. The summed E-state index contributed by atoms with van der Waals surface area (Å²) in [4.78, 5) is 31.1. The first kappa shape index (κ1) is 19.6. The van der Waals surface area contributed by atoms with Crippen LogP contribution in [0.5, 0.6) is 5.75 Å². The van der Waals surface area contributed by atoms with Gasteiger partial charge >= 0.3 is 0 Å². The number of rotatable bonds is 6. The van der Waals surface area contributed by atoms with Crippen LogP contribution in [0, 0.1) is 6.92 Å². The Morgan fingerprint density at radius 3 is 2.83 bits per heavy atom. The zero-order chi connectivity index (χ0) is 20.9. The number of anilines is 1. The van der Waals surface area contributed by atoms with Crippen LogP contribution in [-0.2, 0) is 17.8 Å². The monoisotopic (exact) mass is 401 g/mol. The fraction of sp³-hybridized carbons (Fsp3) is 0.208. The minimum atomic E-state index is -0.237. The number of carbonyl (C=O) groups excluding carboxylic acids is 2. The molecule has 6 heteroatoms. The number of carbonyl (C=O) groups is 2. The lowest BCUT2D eigenvalue weighted by atomic mass is 9.97. The summed E-state index contributed by atoms with van der Waals surface area (Å²) in [6.45, 7) is 2.97. The van der Waals surface area contributed by atoms with Crippen LogP contribution in [0.1, 0.15) is 27.0 Å². The molecule has 2 heterocycles. The first-order valence-electron chi connectivity index (χ1n) is 9.89. The molecule has 0 atom stereocenters. The number of fused-ring (bicyclic) bond motifs is 1. The van der Waals surface area contributed by atoms with Gasteiger partial charge in [0, 0.05) is 42.3 Å². The third-order valence-corrected chi connectivity index (χ3v) is 5.04. The summed E-state index contributed by atoms with van der Waals surface area (Å²) in [5.41, 5.74) is 4.28. The van der Waals surface area contributed by atoms with Gasteiger partial charge in [0.25, 0.3) is 11.8 Å². The summed E-state index contributed by atoms with van der Waals surface area (Å²) in [5, 5.41) is 2.83. The van der Waals surface area contributed by atoms with Gasteiger partial charge in [-0.25, -0.2) is 0 Å². The van der Waals surface area contributed by atoms with Crippen LogP contribution < -0.4 is 10.1 Å². The van der Waals surface area contributed by atoms with E-state index in [1.807, 2.05) is 60.4 Å². The molecule has 1 aromatic heterocycles. The van der Waals surface area contributed by atoms with Crippen molar-refractivity contribution in [2.24, 2.45) is 0 Å². The van der Waals surface area contributed by atoms with E-state index in [4.69, 9.17) is 4.74 Å². The number of pyridine rings is 1. The van der Waals surface area contributed by atoms with Crippen molar-refractivity contribution >= 4 is 17.5 Å². The number of hydrogen-bond donors (Lipinski definition) is 1. The van der Waals surface area contributed by atoms with Gasteiger partial charge in [-0.1, -0.05) is 24.3 Å². The van der Waals surface area contributed by atoms with Crippen LogP contribution in [0.3, 0.4) is 0 Å². The molecule has 4 rings (SSSR count). The molecule has 0 radical (unpaired) electrons. The molecule has 1 N–H and O–H groups in total. The van der Waals surface area contributed by atoms with Gasteiger partial charge in [0.05, 0.1) is 0 Å². The number of nitrogens with one attached hydrogen (secondary N) is 1. The smallest absolute Gasteiger partial charge is 0.262 e. The highest BCUT2D eigenvalue weighted by atomic mass is 16.5. The highest BCUT2D eigenvalue weighted by molar-refractivity contribution is 5.97. The van der Waals surface area contributed by atoms with E-state index < -0.39 is 0 Å². The van der Waals surface area contributed by atoms with E-state index in [1.54, 1.807) is 18.5 Å². The molecule has 0 aliphatic carbocycles. The second-order valence-corrected chi connectivity index (χ2v) is 7.33. The van der Waals surface area contributed by atoms with E-state index in [-0.39, 0.29) is 18.4 Å². The predicted octanol–water partition coefficient (Wildman–Crippen LogP) is 3.61. The van der Waals surface area contributed by atoms with Crippen LogP contribution in [-0.4, -0.2) is 34.8 Å². The number of ether oxygens (including phenoxy) is 1. The predicted molar refractivity (Wildman–Crippen MR) is 114 cm³/mol. The van der Waals surface area contributed by atoms with Crippen molar-refractivity contribution in [1.82, 2.24) is 9.88 Å². The van der Waals surface area contributed by atoms with E-state index in [2.05, 4.69) is 10.3 Å². The van der Waals surface area contributed by atoms with Gasteiger partial charge in [-0.2, -0.15) is 0 Å². The number of aryl methyl sites for hydroxylation is 1. The molecule has 1 aliphatic rings. The van der Waals surface area contributed by atoms with Crippen molar-refractivity contribution < 1.29 is 14.3 Å². The Morgan fingerprint density at radius 2 is 2.03 bits per heavy atom. The SMILES string of the molecule is Cc1cccc(NC(=O)COc2cccc3c2CCN(Cc2cccnc2)C3=O)c1. The van der Waals surface area contributed by atoms with Gasteiger partial charge in [-0.05, 0) is 54.8 Å². The highest BCUT2D eigenvalue weighted by Crippen LogP contribution is 2.28. The summed E-state index contributed by atoms with van der Waals surface area (Å²) in [5.74, 6) is 0.314. The third-order valence-electron chi connectivity index (χ3n) is 5.04. The van der Waals surface area contributed by atoms with Gasteiger partial charge < -0.3 is 15.0 Å². The Hall–Kier alpha value is -3.67. The van der Waals surface area contributed by atoms with E-state index in [1.165, 1.54) is 0 Å². The van der Waals surface area contributed by atoms with Crippen LogP contribution in [0.4, 0.5) is 5.69 Å². The molecule has 0 saturated heterocycles. The van der Waals surface area contributed by atoms with E-state index in [0.29, 0.717) is 30.8 Å². The molecular formula is C24H23N3O3. The Bertz CT molecular complexity index is 1070. The fourth-order valence-corrected chi connectivity index (χ4v) is 3.60. The lowest BCUT2D eigenvalue weighted by Gasteiger charge is -2.29. The molecule has 1 aliphatic heterocycles. The number of amides is 2. The van der Waals surface area contributed by atoms with Crippen LogP contribution in [0.15, 0.2) is 67.0 Å². The Kier molecular flexibility index (Phi) is 5.75. The average Bonchev–Trinajstić information content (AvgIpc) is 2.75. The molecule has 3 aromatic rings. The minimum Gasteiger partial charge on any atom is -0.483 e. The topological polar surface area (TPSA) is 71.5 Å². The summed E-state index contributed by atoms with van der Waals surface area (Å²) < 4.78 is 5.78. The zero-order valence-corrected chi connectivity index (χ0v) is 16.8. The molecule has 2 amide bonds. The highest BCUT2D eigenvalue weighted by Gasteiger charge is 2.26. The molecule has 0 saturated carbocycles. The number of benzene rings is 2. The van der Waals surface area contributed by atoms with Crippen molar-refractivity contribution in [2.45, 2.75) is 19.9 Å². The Labute approximate surface area is 175 Å². The standard InChI is InChI=1S/C24H23N3O3/c1-17-5-2-7-19(13-17)26-23(28)16-30-22-9-3-8-21-20(22)10-12-27(24(21)29)15-18-6-4-11-25-14-18/h2-9,11,13-14H,10,12,15-16H2,1H3,(H,26,28). The number of hydrogen-bond acceptors (Lipinski definition) is 4. The van der Waals surface area contributed by atoms with E-state index in [9.17, 15) is 9.59 Å². The number of nitrogens with zero attached hydrogens (tertiary/aromatic N) is 2. The minimum absolute atomic E-state index is 0.0326. The maximum absolute atomic E-state index is 13.0. The number of aromatic nitrogens is 1. The lowest BCUT2D eigenvalue weighted by Crippen LogP contribution is -2.37. The summed E-state index contributed by atoms with van der Waals surface area (Å²) >= 11 is 0. The normalized spacial score (nSPS) is 13.0. The second-order valence-electron chi connectivity index (χ2n) is 7.33. The summed E-state index contributed by atoms with van der Waals surface area (Å²) in [6.07, 6.45) is 4.17. The van der Waals surface area contributed by atoms with Crippen molar-refractivity contribution in [3.63, 3.8) is 0 Å². The van der Waals surface area contributed by atoms with Gasteiger partial charge in [0.1, 0.15) is 5.75 Å². The fourth-order valence-electron chi connectivity index (χ4n) is 3.60. The van der Waals surface area contributed by atoms with Gasteiger partial charge in [0.2, 0.25) is 0 Å². The Morgan fingerprint density at radius 1 is 1.17 bits per heavy atom. The van der Waals surface area contributed by atoms with Crippen molar-refractivity contribution in [1.29, 1.82) is 0 Å². The quantitative estimate of drug-likeness (QED) is 0.685. The molecule has 6 nitrogen and oxygen atoms in total. The summed E-state index contributed by atoms with van der Waals surface area (Å²) in [7, 11) is 0. The largest absolute Gasteiger partial charge is 0.483 e. The Balaban J connectivity index is 1.42. The first-order valence-corrected chi connectivity index (χ1v) is 9.89.